The van der Waals surface area contributed by atoms with Crippen molar-refractivity contribution in [3.05, 3.63) is 72.7 Å². The van der Waals surface area contributed by atoms with Gasteiger partial charge in [-0.05, 0) is 24.3 Å². The molecule has 0 saturated heterocycles. The Bertz CT molecular complexity index is 862. The fourth-order valence-electron chi connectivity index (χ4n) is 2.47. The van der Waals surface area contributed by atoms with E-state index in [0.29, 0.717) is 6.42 Å². The van der Waals surface area contributed by atoms with Gasteiger partial charge in [-0.15, -0.1) is 0 Å². The summed E-state index contributed by atoms with van der Waals surface area (Å²) in [4.78, 5) is 16.6. The predicted octanol–water partition coefficient (Wildman–Crippen LogP) is 2.73. The molecule has 0 aliphatic heterocycles. The number of H-pyrrole nitrogens is 1. The average molecular weight is 275 g/mol. The van der Waals surface area contributed by atoms with Gasteiger partial charge in [0.25, 0.3) is 0 Å². The monoisotopic (exact) mass is 275 g/mol. The first-order valence-corrected chi connectivity index (χ1v) is 6.78. The first-order chi connectivity index (χ1) is 10.4. The van der Waals surface area contributed by atoms with Gasteiger partial charge in [0.1, 0.15) is 17.2 Å². The van der Waals surface area contributed by atoms with E-state index in [1.165, 1.54) is 0 Å². The number of rotatable bonds is 3. The SMILES string of the molecule is c1ccc(-n2c(Cc3ncc[nH]3)nc3cccnc32)cc1. The highest BCUT2D eigenvalue weighted by Gasteiger charge is 2.14. The van der Waals surface area contributed by atoms with E-state index in [0.717, 1.165) is 28.5 Å². The number of benzene rings is 1. The van der Waals surface area contributed by atoms with Crippen LogP contribution in [0.1, 0.15) is 11.6 Å². The summed E-state index contributed by atoms with van der Waals surface area (Å²) in [6, 6.07) is 14.0. The summed E-state index contributed by atoms with van der Waals surface area (Å²) in [5.41, 5.74) is 2.81. The van der Waals surface area contributed by atoms with Gasteiger partial charge in [-0.25, -0.2) is 15.0 Å². The zero-order valence-electron chi connectivity index (χ0n) is 11.3. The standard InChI is InChI=1S/C16H13N5/c1-2-5-12(6-3-1)21-15(11-14-17-9-10-18-14)20-13-7-4-8-19-16(13)21/h1-10H,11H2,(H,17,18). The molecule has 0 aliphatic carbocycles. The van der Waals surface area contributed by atoms with Gasteiger partial charge in [0.15, 0.2) is 5.65 Å². The third-order valence-electron chi connectivity index (χ3n) is 3.38. The minimum absolute atomic E-state index is 0.637. The topological polar surface area (TPSA) is 59.4 Å². The number of pyridine rings is 1. The van der Waals surface area contributed by atoms with Crippen molar-refractivity contribution >= 4 is 11.2 Å². The highest BCUT2D eigenvalue weighted by molar-refractivity contribution is 5.73. The number of para-hydroxylation sites is 1. The summed E-state index contributed by atoms with van der Waals surface area (Å²) in [6.07, 6.45) is 6.00. The first-order valence-electron chi connectivity index (χ1n) is 6.78. The molecule has 5 nitrogen and oxygen atoms in total. The van der Waals surface area contributed by atoms with E-state index in [1.807, 2.05) is 36.5 Å². The van der Waals surface area contributed by atoms with Crippen LogP contribution >= 0.6 is 0 Å². The second-order valence-corrected chi connectivity index (χ2v) is 4.76. The van der Waals surface area contributed by atoms with Crippen molar-refractivity contribution in [1.29, 1.82) is 0 Å². The average Bonchev–Trinajstić information content (AvgIpc) is 3.15. The van der Waals surface area contributed by atoms with Gasteiger partial charge in [-0.3, -0.25) is 4.57 Å². The van der Waals surface area contributed by atoms with Crippen LogP contribution in [0.25, 0.3) is 16.9 Å². The van der Waals surface area contributed by atoms with Crippen LogP contribution in [0.4, 0.5) is 0 Å². The quantitative estimate of drug-likeness (QED) is 0.625. The van der Waals surface area contributed by atoms with Crippen LogP contribution < -0.4 is 0 Å². The molecule has 1 aromatic carbocycles. The van der Waals surface area contributed by atoms with Gasteiger partial charge in [0.2, 0.25) is 0 Å². The van der Waals surface area contributed by atoms with Crippen molar-refractivity contribution in [2.75, 3.05) is 0 Å². The van der Waals surface area contributed by atoms with Crippen LogP contribution in [-0.2, 0) is 6.42 Å². The predicted molar refractivity (Wildman–Crippen MR) is 80.3 cm³/mol. The van der Waals surface area contributed by atoms with Crippen molar-refractivity contribution < 1.29 is 0 Å². The number of nitrogens with one attached hydrogen (secondary N) is 1. The van der Waals surface area contributed by atoms with Gasteiger partial charge < -0.3 is 4.98 Å². The van der Waals surface area contributed by atoms with Crippen molar-refractivity contribution in [3.8, 4) is 5.69 Å². The summed E-state index contributed by atoms with van der Waals surface area (Å²) in [7, 11) is 0. The number of nitrogens with zero attached hydrogens (tertiary/aromatic N) is 4. The molecule has 0 fully saturated rings. The summed E-state index contributed by atoms with van der Waals surface area (Å²) in [5.74, 6) is 1.81. The third kappa shape index (κ3) is 2.08. The number of hydrogen-bond donors (Lipinski definition) is 1. The van der Waals surface area contributed by atoms with Crippen LogP contribution in [0, 0.1) is 0 Å². The molecular formula is C16H13N5. The lowest BCUT2D eigenvalue weighted by atomic mass is 10.3. The van der Waals surface area contributed by atoms with Crippen LogP contribution in [0.3, 0.4) is 0 Å². The molecule has 4 aromatic rings. The summed E-state index contributed by atoms with van der Waals surface area (Å²) < 4.78 is 2.08. The third-order valence-corrected chi connectivity index (χ3v) is 3.38. The van der Waals surface area contributed by atoms with Gasteiger partial charge >= 0.3 is 0 Å². The lowest BCUT2D eigenvalue weighted by molar-refractivity contribution is 0.884. The van der Waals surface area contributed by atoms with Crippen molar-refractivity contribution in [3.63, 3.8) is 0 Å². The maximum atomic E-state index is 4.70. The van der Waals surface area contributed by atoms with E-state index in [4.69, 9.17) is 4.98 Å². The molecule has 4 rings (SSSR count). The zero-order valence-corrected chi connectivity index (χ0v) is 11.3. The second kappa shape index (κ2) is 4.86. The van der Waals surface area contributed by atoms with Gasteiger partial charge in [-0.1, -0.05) is 18.2 Å². The van der Waals surface area contributed by atoms with Crippen LogP contribution in [0.15, 0.2) is 61.1 Å². The largest absolute Gasteiger partial charge is 0.348 e. The summed E-state index contributed by atoms with van der Waals surface area (Å²) in [5, 5.41) is 0. The molecule has 5 heteroatoms. The summed E-state index contributed by atoms with van der Waals surface area (Å²) in [6.45, 7) is 0. The summed E-state index contributed by atoms with van der Waals surface area (Å²) >= 11 is 0. The number of fused-ring (bicyclic) bond motifs is 1. The molecule has 21 heavy (non-hydrogen) atoms. The van der Waals surface area contributed by atoms with Crippen molar-refractivity contribution in [2.45, 2.75) is 6.42 Å². The number of aromatic nitrogens is 5. The molecule has 0 unspecified atom stereocenters. The van der Waals surface area contributed by atoms with Gasteiger partial charge in [0, 0.05) is 24.3 Å². The minimum Gasteiger partial charge on any atom is -0.348 e. The maximum Gasteiger partial charge on any atom is 0.164 e. The highest BCUT2D eigenvalue weighted by Crippen LogP contribution is 2.20. The fourth-order valence-corrected chi connectivity index (χ4v) is 2.47. The van der Waals surface area contributed by atoms with Crippen LogP contribution in [0.2, 0.25) is 0 Å². The van der Waals surface area contributed by atoms with E-state index >= 15 is 0 Å². The molecule has 0 aliphatic rings. The molecule has 0 amide bonds. The van der Waals surface area contributed by atoms with Crippen LogP contribution in [-0.4, -0.2) is 24.5 Å². The van der Waals surface area contributed by atoms with E-state index in [-0.39, 0.29) is 0 Å². The Morgan fingerprint density at radius 1 is 0.952 bits per heavy atom. The Hall–Kier alpha value is -2.95. The van der Waals surface area contributed by atoms with Crippen molar-refractivity contribution in [1.82, 2.24) is 24.5 Å². The molecule has 0 atom stereocenters. The van der Waals surface area contributed by atoms with E-state index in [9.17, 15) is 0 Å². The molecule has 3 aromatic heterocycles. The van der Waals surface area contributed by atoms with Gasteiger partial charge in [0.05, 0.1) is 6.42 Å². The van der Waals surface area contributed by atoms with Gasteiger partial charge in [-0.2, -0.15) is 0 Å². The lowest BCUT2D eigenvalue weighted by Gasteiger charge is -2.07. The Morgan fingerprint density at radius 2 is 1.86 bits per heavy atom. The zero-order chi connectivity index (χ0) is 14.1. The molecule has 0 bridgehead atoms. The molecule has 3 heterocycles. The number of hydrogen-bond acceptors (Lipinski definition) is 3. The molecule has 0 spiro atoms. The van der Waals surface area contributed by atoms with Crippen LogP contribution in [0.5, 0.6) is 0 Å². The second-order valence-electron chi connectivity index (χ2n) is 4.76. The first kappa shape index (κ1) is 11.8. The smallest absolute Gasteiger partial charge is 0.164 e. The van der Waals surface area contributed by atoms with E-state index in [2.05, 4.69) is 31.7 Å². The van der Waals surface area contributed by atoms with Crippen molar-refractivity contribution in [2.24, 2.45) is 0 Å². The highest BCUT2D eigenvalue weighted by atomic mass is 15.1. The molecular weight excluding hydrogens is 262 g/mol. The molecule has 102 valence electrons. The fraction of sp³-hybridized carbons (Fsp3) is 0.0625. The Labute approximate surface area is 121 Å². The Kier molecular flexibility index (Phi) is 2.74. The molecule has 1 N–H and O–H groups in total. The minimum atomic E-state index is 0.637. The molecule has 0 radical (unpaired) electrons. The Morgan fingerprint density at radius 3 is 2.67 bits per heavy atom. The maximum absolute atomic E-state index is 4.70. The normalized spacial score (nSPS) is 11.0. The van der Waals surface area contributed by atoms with E-state index in [1.54, 1.807) is 12.4 Å². The van der Waals surface area contributed by atoms with E-state index < -0.39 is 0 Å². The Balaban J connectivity index is 1.93. The molecule has 0 saturated carbocycles. The number of aromatic amines is 1. The lowest BCUT2D eigenvalue weighted by Crippen LogP contribution is -2.03. The number of imidazole rings is 2.